The number of carbonyl (C=O) groups is 1. The molecule has 1 fully saturated rings. The van der Waals surface area contributed by atoms with Crippen molar-refractivity contribution in [3.05, 3.63) is 32.4 Å². The number of likely N-dealkylation sites (tertiary alicyclic amines) is 1. The quantitative estimate of drug-likeness (QED) is 0.803. The molecule has 1 saturated heterocycles. The number of amides is 1. The van der Waals surface area contributed by atoms with Gasteiger partial charge >= 0.3 is 0 Å². The predicted molar refractivity (Wildman–Crippen MR) is 79.9 cm³/mol. The second-order valence-corrected chi connectivity index (χ2v) is 6.67. The van der Waals surface area contributed by atoms with E-state index in [4.69, 9.17) is 11.6 Å². The summed E-state index contributed by atoms with van der Waals surface area (Å²) in [6.07, 6.45) is 0.847. The van der Waals surface area contributed by atoms with Crippen LogP contribution in [0.2, 0.25) is 5.02 Å². The van der Waals surface area contributed by atoms with Crippen molar-refractivity contribution in [2.75, 3.05) is 19.7 Å². The lowest BCUT2D eigenvalue weighted by molar-refractivity contribution is 0.0752. The molecule has 1 N–H and O–H groups in total. The zero-order valence-corrected chi connectivity index (χ0v) is 13.0. The minimum absolute atomic E-state index is 0.0215. The number of benzene rings is 1. The molecule has 1 atom stereocenters. The van der Waals surface area contributed by atoms with Crippen LogP contribution in [0.3, 0.4) is 0 Å². The number of carbonyl (C=O) groups excluding carboxylic acids is 1. The lowest BCUT2D eigenvalue weighted by Gasteiger charge is -2.22. The number of rotatable bonds is 2. The van der Waals surface area contributed by atoms with Crippen LogP contribution in [0, 0.1) is 8.99 Å². The van der Waals surface area contributed by atoms with Crippen LogP contribution in [0.15, 0.2) is 18.2 Å². The first-order valence-electron chi connectivity index (χ1n) is 5.80. The van der Waals surface area contributed by atoms with E-state index >= 15 is 0 Å². The van der Waals surface area contributed by atoms with Crippen LogP contribution in [0.4, 0.5) is 0 Å². The molecule has 1 aliphatic rings. The van der Waals surface area contributed by atoms with Gasteiger partial charge in [0.15, 0.2) is 0 Å². The maximum Gasteiger partial charge on any atom is 0.254 e. The molecule has 0 saturated carbocycles. The summed E-state index contributed by atoms with van der Waals surface area (Å²) in [7, 11) is 0. The number of halogens is 2. The highest BCUT2D eigenvalue weighted by atomic mass is 127. The molecule has 5 heteroatoms. The van der Waals surface area contributed by atoms with Crippen molar-refractivity contribution in [1.29, 1.82) is 0 Å². The van der Waals surface area contributed by atoms with Gasteiger partial charge in [0, 0.05) is 27.1 Å². The van der Waals surface area contributed by atoms with Crippen molar-refractivity contribution in [1.82, 2.24) is 4.90 Å². The minimum Gasteiger partial charge on any atom is -0.396 e. The third-order valence-corrected chi connectivity index (χ3v) is 4.52. The fourth-order valence-electron chi connectivity index (χ4n) is 2.16. The van der Waals surface area contributed by atoms with E-state index in [9.17, 15) is 9.90 Å². The first kappa shape index (κ1) is 14.1. The van der Waals surface area contributed by atoms with E-state index in [1.54, 1.807) is 18.2 Å². The molecule has 1 aliphatic heterocycles. The molecule has 1 aromatic carbocycles. The summed E-state index contributed by atoms with van der Waals surface area (Å²) in [6, 6.07) is 5.29. The maximum absolute atomic E-state index is 12.4. The molecule has 0 aromatic heterocycles. The van der Waals surface area contributed by atoms with E-state index in [1.807, 2.05) is 11.8 Å². The minimum atomic E-state index is -0.159. The molecular formula is C13H15ClINO2. The van der Waals surface area contributed by atoms with Crippen LogP contribution in [0.1, 0.15) is 23.7 Å². The van der Waals surface area contributed by atoms with Crippen LogP contribution >= 0.6 is 34.2 Å². The Labute approximate surface area is 125 Å². The maximum atomic E-state index is 12.4. The van der Waals surface area contributed by atoms with E-state index in [1.165, 1.54) is 0 Å². The Hall–Kier alpha value is -0.330. The van der Waals surface area contributed by atoms with Gasteiger partial charge in [-0.1, -0.05) is 18.5 Å². The van der Waals surface area contributed by atoms with Gasteiger partial charge in [-0.2, -0.15) is 0 Å². The monoisotopic (exact) mass is 379 g/mol. The van der Waals surface area contributed by atoms with E-state index in [0.29, 0.717) is 23.7 Å². The van der Waals surface area contributed by atoms with Gasteiger partial charge in [-0.3, -0.25) is 4.79 Å². The topological polar surface area (TPSA) is 40.5 Å². The number of nitrogens with zero attached hydrogens (tertiary/aromatic N) is 1. The van der Waals surface area contributed by atoms with Crippen LogP contribution < -0.4 is 0 Å². The summed E-state index contributed by atoms with van der Waals surface area (Å²) in [5.74, 6) is 0.0215. The van der Waals surface area contributed by atoms with Crippen molar-refractivity contribution >= 4 is 40.1 Å². The standard InChI is InChI=1S/C13H15ClINO2/c1-13(8-17)4-5-16(7-13)12(18)10-3-2-9(14)6-11(10)15/h2-3,6,17H,4-5,7-8H2,1H3/t13-/m1/s1. The van der Waals surface area contributed by atoms with Crippen molar-refractivity contribution in [2.45, 2.75) is 13.3 Å². The molecule has 1 aromatic rings. The third-order valence-electron chi connectivity index (χ3n) is 3.39. The van der Waals surface area contributed by atoms with E-state index in [2.05, 4.69) is 22.6 Å². The molecule has 0 bridgehead atoms. The highest BCUT2D eigenvalue weighted by Gasteiger charge is 2.36. The first-order valence-corrected chi connectivity index (χ1v) is 7.26. The Balaban J connectivity index is 2.18. The molecule has 0 unspecified atom stereocenters. The Morgan fingerprint density at radius 2 is 2.33 bits per heavy atom. The largest absolute Gasteiger partial charge is 0.396 e. The zero-order valence-electron chi connectivity index (χ0n) is 10.1. The first-order chi connectivity index (χ1) is 8.45. The van der Waals surface area contributed by atoms with E-state index in [-0.39, 0.29) is 17.9 Å². The Kier molecular flexibility index (Phi) is 4.18. The second kappa shape index (κ2) is 5.35. The van der Waals surface area contributed by atoms with Crippen molar-refractivity contribution < 1.29 is 9.90 Å². The summed E-state index contributed by atoms with van der Waals surface area (Å²) >= 11 is 8.01. The molecule has 1 heterocycles. The van der Waals surface area contributed by atoms with Gasteiger partial charge in [0.1, 0.15) is 0 Å². The fraction of sp³-hybridized carbons (Fsp3) is 0.462. The highest BCUT2D eigenvalue weighted by molar-refractivity contribution is 14.1. The molecule has 1 amide bonds. The number of hydrogen-bond donors (Lipinski definition) is 1. The van der Waals surface area contributed by atoms with Gasteiger partial charge in [0.05, 0.1) is 12.2 Å². The average molecular weight is 380 g/mol. The summed E-state index contributed by atoms with van der Waals surface area (Å²) in [5, 5.41) is 9.97. The third kappa shape index (κ3) is 2.81. The molecular weight excluding hydrogens is 365 g/mol. The van der Waals surface area contributed by atoms with Crippen molar-refractivity contribution in [2.24, 2.45) is 5.41 Å². The van der Waals surface area contributed by atoms with Gasteiger partial charge in [-0.25, -0.2) is 0 Å². The Morgan fingerprint density at radius 3 is 2.89 bits per heavy atom. The molecule has 3 nitrogen and oxygen atoms in total. The normalized spacial score (nSPS) is 23.4. The SMILES string of the molecule is C[C@@]1(CO)CCN(C(=O)c2ccc(Cl)cc2I)C1. The highest BCUT2D eigenvalue weighted by Crippen LogP contribution is 2.31. The lowest BCUT2D eigenvalue weighted by Crippen LogP contribution is -2.32. The van der Waals surface area contributed by atoms with Crippen LogP contribution in [-0.4, -0.2) is 35.6 Å². The van der Waals surface area contributed by atoms with E-state index < -0.39 is 0 Å². The zero-order chi connectivity index (χ0) is 13.3. The molecule has 0 radical (unpaired) electrons. The van der Waals surface area contributed by atoms with Gasteiger partial charge in [0.2, 0.25) is 0 Å². The number of aliphatic hydroxyl groups excluding tert-OH is 1. The Bertz CT molecular complexity index is 480. The smallest absolute Gasteiger partial charge is 0.254 e. The van der Waals surface area contributed by atoms with Gasteiger partial charge in [-0.15, -0.1) is 0 Å². The molecule has 18 heavy (non-hydrogen) atoms. The average Bonchev–Trinajstić information content (AvgIpc) is 2.72. The molecule has 0 spiro atoms. The van der Waals surface area contributed by atoms with Crippen molar-refractivity contribution in [3.63, 3.8) is 0 Å². The molecule has 2 rings (SSSR count). The number of hydrogen-bond acceptors (Lipinski definition) is 2. The van der Waals surface area contributed by atoms with Gasteiger partial charge in [0.25, 0.3) is 5.91 Å². The van der Waals surface area contributed by atoms with E-state index in [0.717, 1.165) is 9.99 Å². The van der Waals surface area contributed by atoms with Gasteiger partial charge in [-0.05, 0) is 47.2 Å². The summed E-state index contributed by atoms with van der Waals surface area (Å²) in [4.78, 5) is 14.2. The molecule has 0 aliphatic carbocycles. The molecule has 98 valence electrons. The van der Waals surface area contributed by atoms with Crippen LogP contribution in [0.25, 0.3) is 0 Å². The van der Waals surface area contributed by atoms with Crippen LogP contribution in [0.5, 0.6) is 0 Å². The lowest BCUT2D eigenvalue weighted by atomic mass is 9.91. The summed E-state index contributed by atoms with van der Waals surface area (Å²) in [6.45, 7) is 3.44. The Morgan fingerprint density at radius 1 is 1.61 bits per heavy atom. The van der Waals surface area contributed by atoms with Crippen molar-refractivity contribution in [3.8, 4) is 0 Å². The number of aliphatic hydroxyl groups is 1. The van der Waals surface area contributed by atoms with Crippen LogP contribution in [-0.2, 0) is 0 Å². The van der Waals surface area contributed by atoms with Gasteiger partial charge < -0.3 is 10.0 Å². The summed E-state index contributed by atoms with van der Waals surface area (Å²) < 4.78 is 0.864. The summed E-state index contributed by atoms with van der Waals surface area (Å²) in [5.41, 5.74) is 0.523. The second-order valence-electron chi connectivity index (χ2n) is 5.07. The predicted octanol–water partition coefficient (Wildman–Crippen LogP) is 2.79. The fourth-order valence-corrected chi connectivity index (χ4v) is 3.26.